The topological polar surface area (TPSA) is 35.6 Å². The average Bonchev–Trinajstić information content (AvgIpc) is 3.02. The lowest BCUT2D eigenvalue weighted by atomic mass is 9.96. The largest absolute Gasteiger partial charge is 0.325 e. The molecule has 0 aromatic heterocycles. The van der Waals surface area contributed by atoms with Gasteiger partial charge in [-0.25, -0.2) is 8.78 Å². The smallest absolute Gasteiger partial charge is 0.238 e. The number of nitrogens with one attached hydrogen (secondary N) is 1. The fourth-order valence-electron chi connectivity index (χ4n) is 4.28. The Balaban J connectivity index is 1.45. The first-order chi connectivity index (χ1) is 16.0. The maximum Gasteiger partial charge on any atom is 0.238 e. The van der Waals surface area contributed by atoms with Gasteiger partial charge in [0.2, 0.25) is 5.91 Å². The van der Waals surface area contributed by atoms with E-state index >= 15 is 0 Å². The van der Waals surface area contributed by atoms with E-state index in [-0.39, 0.29) is 30.1 Å². The zero-order valence-corrected chi connectivity index (χ0v) is 18.9. The van der Waals surface area contributed by atoms with E-state index in [1.165, 1.54) is 24.3 Å². The van der Waals surface area contributed by atoms with Crippen molar-refractivity contribution in [2.24, 2.45) is 0 Å². The summed E-state index contributed by atoms with van der Waals surface area (Å²) in [4.78, 5) is 17.0. The highest BCUT2D eigenvalue weighted by molar-refractivity contribution is 6.30. The van der Waals surface area contributed by atoms with Crippen LogP contribution in [0.1, 0.15) is 23.6 Å². The number of rotatable bonds is 6. The van der Waals surface area contributed by atoms with Gasteiger partial charge in [0.15, 0.2) is 0 Å². The van der Waals surface area contributed by atoms with E-state index in [0.717, 1.165) is 37.2 Å². The first kappa shape index (κ1) is 23.4. The summed E-state index contributed by atoms with van der Waals surface area (Å²) in [5.74, 6) is -0.659. The first-order valence-electron chi connectivity index (χ1n) is 11.0. The van der Waals surface area contributed by atoms with Crippen LogP contribution < -0.4 is 5.32 Å². The lowest BCUT2D eigenvalue weighted by Crippen LogP contribution is -2.37. The molecule has 1 aliphatic heterocycles. The molecule has 0 saturated carbocycles. The molecule has 1 heterocycles. The zero-order chi connectivity index (χ0) is 23.2. The van der Waals surface area contributed by atoms with E-state index in [1.54, 1.807) is 42.5 Å². The predicted molar refractivity (Wildman–Crippen MR) is 127 cm³/mol. The van der Waals surface area contributed by atoms with E-state index in [1.807, 2.05) is 6.07 Å². The number of hydrogen-bond donors (Lipinski definition) is 1. The second-order valence-corrected chi connectivity index (χ2v) is 8.67. The number of benzene rings is 3. The van der Waals surface area contributed by atoms with Gasteiger partial charge in [0.05, 0.1) is 12.6 Å². The molecule has 172 valence electrons. The molecule has 0 unspecified atom stereocenters. The first-order valence-corrected chi connectivity index (χ1v) is 11.4. The van der Waals surface area contributed by atoms with Crippen LogP contribution in [0.3, 0.4) is 0 Å². The van der Waals surface area contributed by atoms with Crippen molar-refractivity contribution in [1.29, 1.82) is 0 Å². The molecular formula is C26H26ClF2N3O. The van der Waals surface area contributed by atoms with Crippen molar-refractivity contribution in [3.8, 4) is 0 Å². The Hall–Kier alpha value is -2.80. The molecule has 1 aliphatic rings. The molecule has 33 heavy (non-hydrogen) atoms. The van der Waals surface area contributed by atoms with Crippen molar-refractivity contribution >= 4 is 23.2 Å². The molecule has 3 aromatic rings. The van der Waals surface area contributed by atoms with Gasteiger partial charge in [0.25, 0.3) is 0 Å². The van der Waals surface area contributed by atoms with Crippen LogP contribution in [-0.4, -0.2) is 48.4 Å². The molecule has 0 aliphatic carbocycles. The SMILES string of the molecule is O=C(CN1CCCN(C(c2ccc(F)cc2)c2ccc(F)cc2)CC1)Nc1cccc(Cl)c1. The standard InChI is InChI=1S/C26H26ClF2N3O/c27-21-3-1-4-24(17-21)30-25(33)18-31-13-2-14-32(16-15-31)26(19-5-9-22(28)10-6-19)20-7-11-23(29)12-8-20/h1,3-12,17,26H,2,13-16,18H2,(H,30,33). The van der Waals surface area contributed by atoms with Crippen LogP contribution in [0.4, 0.5) is 14.5 Å². The third-order valence-corrected chi connectivity index (χ3v) is 6.07. The monoisotopic (exact) mass is 469 g/mol. The quantitative estimate of drug-likeness (QED) is 0.528. The number of amides is 1. The maximum atomic E-state index is 13.5. The van der Waals surface area contributed by atoms with E-state index in [4.69, 9.17) is 11.6 Å². The summed E-state index contributed by atoms with van der Waals surface area (Å²) < 4.78 is 27.1. The second kappa shape index (κ2) is 10.9. The highest BCUT2D eigenvalue weighted by Gasteiger charge is 2.26. The maximum absolute atomic E-state index is 13.5. The van der Waals surface area contributed by atoms with Gasteiger partial charge in [-0.3, -0.25) is 14.6 Å². The minimum Gasteiger partial charge on any atom is -0.325 e. The minimum absolute atomic E-state index is 0.0839. The number of halogens is 3. The van der Waals surface area contributed by atoms with Crippen LogP contribution in [0.2, 0.25) is 5.02 Å². The van der Waals surface area contributed by atoms with Gasteiger partial charge in [-0.1, -0.05) is 41.9 Å². The highest BCUT2D eigenvalue weighted by Crippen LogP contribution is 2.30. The van der Waals surface area contributed by atoms with Gasteiger partial charge in [-0.2, -0.15) is 0 Å². The Morgan fingerprint density at radius 2 is 1.52 bits per heavy atom. The number of hydrogen-bond acceptors (Lipinski definition) is 3. The Kier molecular flexibility index (Phi) is 7.70. The van der Waals surface area contributed by atoms with Gasteiger partial charge in [-0.15, -0.1) is 0 Å². The van der Waals surface area contributed by atoms with Gasteiger partial charge >= 0.3 is 0 Å². The van der Waals surface area contributed by atoms with Crippen LogP contribution in [0.25, 0.3) is 0 Å². The Morgan fingerprint density at radius 3 is 2.12 bits per heavy atom. The average molecular weight is 470 g/mol. The summed E-state index contributed by atoms with van der Waals surface area (Å²) >= 11 is 6.00. The van der Waals surface area contributed by atoms with Gasteiger partial charge in [-0.05, 0) is 66.6 Å². The van der Waals surface area contributed by atoms with Crippen molar-refractivity contribution in [2.75, 3.05) is 38.0 Å². The normalized spacial score (nSPS) is 15.4. The number of nitrogens with zero attached hydrogens (tertiary/aromatic N) is 2. The van der Waals surface area contributed by atoms with Crippen LogP contribution in [0.5, 0.6) is 0 Å². The summed E-state index contributed by atoms with van der Waals surface area (Å²) in [5.41, 5.74) is 2.59. The van der Waals surface area contributed by atoms with Crippen molar-refractivity contribution in [2.45, 2.75) is 12.5 Å². The molecule has 0 spiro atoms. The molecule has 0 bridgehead atoms. The summed E-state index contributed by atoms with van der Waals surface area (Å²) in [6, 6.07) is 19.9. The molecule has 3 aromatic carbocycles. The fourth-order valence-corrected chi connectivity index (χ4v) is 4.47. The van der Waals surface area contributed by atoms with E-state index in [2.05, 4.69) is 15.1 Å². The molecule has 4 rings (SSSR count). The number of anilines is 1. The molecule has 7 heteroatoms. The Bertz CT molecular complexity index is 1030. The lowest BCUT2D eigenvalue weighted by molar-refractivity contribution is -0.117. The number of carbonyl (C=O) groups excluding carboxylic acids is 1. The van der Waals surface area contributed by atoms with Crippen molar-refractivity contribution in [3.05, 3.63) is 101 Å². The summed E-state index contributed by atoms with van der Waals surface area (Å²) in [6.45, 7) is 3.33. The lowest BCUT2D eigenvalue weighted by Gasteiger charge is -2.31. The van der Waals surface area contributed by atoms with E-state index in [0.29, 0.717) is 17.3 Å². The molecule has 0 radical (unpaired) electrons. The second-order valence-electron chi connectivity index (χ2n) is 8.23. The zero-order valence-electron chi connectivity index (χ0n) is 18.2. The highest BCUT2D eigenvalue weighted by atomic mass is 35.5. The van der Waals surface area contributed by atoms with Gasteiger partial charge in [0, 0.05) is 30.3 Å². The molecule has 1 fully saturated rings. The Labute approximate surface area is 197 Å². The molecule has 0 atom stereocenters. The molecule has 4 nitrogen and oxygen atoms in total. The van der Waals surface area contributed by atoms with Gasteiger partial charge in [0.1, 0.15) is 11.6 Å². The fraction of sp³-hybridized carbons (Fsp3) is 0.269. The van der Waals surface area contributed by atoms with Crippen molar-refractivity contribution in [1.82, 2.24) is 9.80 Å². The summed E-state index contributed by atoms with van der Waals surface area (Å²) in [6.07, 6.45) is 0.878. The van der Waals surface area contributed by atoms with E-state index < -0.39 is 0 Å². The molecule has 1 amide bonds. The number of carbonyl (C=O) groups is 1. The van der Waals surface area contributed by atoms with Crippen LogP contribution in [0, 0.1) is 11.6 Å². The Morgan fingerprint density at radius 1 is 0.879 bits per heavy atom. The van der Waals surface area contributed by atoms with E-state index in [9.17, 15) is 13.6 Å². The molecular weight excluding hydrogens is 444 g/mol. The minimum atomic E-state index is -0.288. The third-order valence-electron chi connectivity index (χ3n) is 5.84. The van der Waals surface area contributed by atoms with Crippen LogP contribution >= 0.6 is 11.6 Å². The third kappa shape index (κ3) is 6.38. The van der Waals surface area contributed by atoms with Gasteiger partial charge < -0.3 is 5.32 Å². The summed E-state index contributed by atoms with van der Waals surface area (Å²) in [7, 11) is 0. The molecule has 1 N–H and O–H groups in total. The molecule has 1 saturated heterocycles. The van der Waals surface area contributed by atoms with Crippen molar-refractivity contribution in [3.63, 3.8) is 0 Å². The van der Waals surface area contributed by atoms with Crippen LogP contribution in [0.15, 0.2) is 72.8 Å². The van der Waals surface area contributed by atoms with Crippen molar-refractivity contribution < 1.29 is 13.6 Å². The van der Waals surface area contributed by atoms with Crippen LogP contribution in [-0.2, 0) is 4.79 Å². The summed E-state index contributed by atoms with van der Waals surface area (Å²) in [5, 5.41) is 3.47. The predicted octanol–water partition coefficient (Wildman–Crippen LogP) is 5.35.